The predicted molar refractivity (Wildman–Crippen MR) is 54.7 cm³/mol. The highest BCUT2D eigenvalue weighted by Gasteiger charge is 2.14. The molecule has 14 heavy (non-hydrogen) atoms. The smallest absolute Gasteiger partial charge is 0.156 e. The summed E-state index contributed by atoms with van der Waals surface area (Å²) in [5, 5.41) is 8.07. The molecule has 2 rings (SSSR count). The fraction of sp³-hybridized carbons (Fsp3) is 0.143. The zero-order valence-electron chi connectivity index (χ0n) is 7.15. The molecule has 0 spiro atoms. The van der Waals surface area contributed by atoms with Crippen molar-refractivity contribution in [2.45, 2.75) is 0 Å². The van der Waals surface area contributed by atoms with Crippen LogP contribution in [-0.4, -0.2) is 25.0 Å². The van der Waals surface area contributed by atoms with Crippen LogP contribution < -0.4 is 0 Å². The summed E-state index contributed by atoms with van der Waals surface area (Å²) in [5.74, 6) is 0. The van der Waals surface area contributed by atoms with Crippen molar-refractivity contribution in [3.8, 4) is 11.3 Å². The van der Waals surface area contributed by atoms with Crippen molar-refractivity contribution >= 4 is 27.5 Å². The van der Waals surface area contributed by atoms with Gasteiger partial charge in [-0.25, -0.2) is 14.6 Å². The number of hydrogen-bond acceptors (Lipinski definition) is 4. The monoisotopic (exact) mass is 273 g/mol. The van der Waals surface area contributed by atoms with Gasteiger partial charge in [0.05, 0.1) is 5.56 Å². The second-order valence-corrected chi connectivity index (χ2v) is 3.69. The first-order valence-electron chi connectivity index (χ1n) is 3.71. The Bertz CT molecular complexity index is 449. The first-order valence-corrected chi connectivity index (χ1v) is 4.88. The molecular formula is C7H5BrClN5. The highest BCUT2D eigenvalue weighted by Crippen LogP contribution is 2.29. The van der Waals surface area contributed by atoms with E-state index in [0.717, 1.165) is 5.69 Å². The van der Waals surface area contributed by atoms with Gasteiger partial charge in [-0.05, 0) is 15.9 Å². The number of aryl methyl sites for hydroxylation is 1. The number of aromatic nitrogens is 5. The molecule has 5 nitrogen and oxygen atoms in total. The Hall–Kier alpha value is -1.01. The van der Waals surface area contributed by atoms with Crippen LogP contribution in [0, 0.1) is 0 Å². The number of halogens is 2. The molecule has 0 aliphatic carbocycles. The first kappa shape index (κ1) is 9.54. The lowest BCUT2D eigenvalue weighted by Crippen LogP contribution is -1.95. The summed E-state index contributed by atoms with van der Waals surface area (Å²) in [6.45, 7) is 0. The predicted octanol–water partition coefficient (Wildman–Crippen LogP) is 1.69. The molecule has 0 amide bonds. The Morgan fingerprint density at radius 3 is 2.86 bits per heavy atom. The molecule has 0 fully saturated rings. The van der Waals surface area contributed by atoms with Crippen molar-refractivity contribution in [1.82, 2.24) is 25.0 Å². The van der Waals surface area contributed by atoms with Crippen LogP contribution in [0.5, 0.6) is 0 Å². The molecule has 2 aromatic heterocycles. The Kier molecular flexibility index (Phi) is 2.47. The van der Waals surface area contributed by atoms with Gasteiger partial charge in [0.15, 0.2) is 4.60 Å². The molecule has 2 heterocycles. The highest BCUT2D eigenvalue weighted by atomic mass is 79.9. The van der Waals surface area contributed by atoms with Crippen LogP contribution in [0.15, 0.2) is 17.1 Å². The molecule has 0 aromatic carbocycles. The van der Waals surface area contributed by atoms with Crippen molar-refractivity contribution in [3.63, 3.8) is 0 Å². The van der Waals surface area contributed by atoms with Crippen LogP contribution in [0.3, 0.4) is 0 Å². The maximum atomic E-state index is 5.92. The molecule has 7 heteroatoms. The molecule has 0 aliphatic rings. The lowest BCUT2D eigenvalue weighted by atomic mass is 10.2. The second-order valence-electron chi connectivity index (χ2n) is 2.58. The van der Waals surface area contributed by atoms with Crippen molar-refractivity contribution < 1.29 is 0 Å². The zero-order valence-corrected chi connectivity index (χ0v) is 9.49. The van der Waals surface area contributed by atoms with Crippen LogP contribution in [0.1, 0.15) is 0 Å². The molecule has 0 N–H and O–H groups in total. The average Bonchev–Trinajstić information content (AvgIpc) is 2.48. The molecule has 72 valence electrons. The summed E-state index contributed by atoms with van der Waals surface area (Å²) in [7, 11) is 1.77. The summed E-state index contributed by atoms with van der Waals surface area (Å²) in [4.78, 5) is 7.78. The molecule has 2 aromatic rings. The van der Waals surface area contributed by atoms with Crippen LogP contribution >= 0.6 is 27.5 Å². The Labute approximate surface area is 93.3 Å². The largest absolute Gasteiger partial charge is 0.246 e. The fourth-order valence-corrected chi connectivity index (χ4v) is 1.81. The minimum absolute atomic E-state index is 0.381. The van der Waals surface area contributed by atoms with Crippen molar-refractivity contribution in [2.24, 2.45) is 7.05 Å². The minimum atomic E-state index is 0.381. The summed E-state index contributed by atoms with van der Waals surface area (Å²) in [5.41, 5.74) is 1.46. The van der Waals surface area contributed by atoms with E-state index >= 15 is 0 Å². The molecular weight excluding hydrogens is 269 g/mol. The topological polar surface area (TPSA) is 56.5 Å². The molecule has 0 unspecified atom stereocenters. The number of rotatable bonds is 1. The van der Waals surface area contributed by atoms with E-state index in [9.17, 15) is 0 Å². The Morgan fingerprint density at radius 2 is 2.29 bits per heavy atom. The van der Waals surface area contributed by atoms with E-state index < -0.39 is 0 Å². The maximum Gasteiger partial charge on any atom is 0.156 e. The van der Waals surface area contributed by atoms with Gasteiger partial charge < -0.3 is 0 Å². The fourth-order valence-electron chi connectivity index (χ4n) is 1.09. The van der Waals surface area contributed by atoms with Crippen molar-refractivity contribution in [3.05, 3.63) is 22.3 Å². The quantitative estimate of drug-likeness (QED) is 0.743. The standard InChI is InChI=1S/C7H5BrClN5/c1-14-5(6(8)12-13-14)4-2-10-3-11-7(4)9/h2-3H,1H3. The maximum absolute atomic E-state index is 5.92. The van der Waals surface area contributed by atoms with Gasteiger partial charge in [-0.15, -0.1) is 5.10 Å². The molecule has 0 atom stereocenters. The van der Waals surface area contributed by atoms with Gasteiger partial charge in [0.2, 0.25) is 0 Å². The summed E-state index contributed by atoms with van der Waals surface area (Å²) in [6.07, 6.45) is 3.02. The van der Waals surface area contributed by atoms with Gasteiger partial charge in [0.1, 0.15) is 17.2 Å². The lowest BCUT2D eigenvalue weighted by molar-refractivity contribution is 0.719. The van der Waals surface area contributed by atoms with E-state index in [1.54, 1.807) is 17.9 Å². The third kappa shape index (κ3) is 1.51. The van der Waals surface area contributed by atoms with E-state index in [-0.39, 0.29) is 0 Å². The van der Waals surface area contributed by atoms with E-state index in [2.05, 4.69) is 36.2 Å². The summed E-state index contributed by atoms with van der Waals surface area (Å²) < 4.78 is 2.23. The van der Waals surface area contributed by atoms with Gasteiger partial charge >= 0.3 is 0 Å². The zero-order chi connectivity index (χ0) is 10.1. The van der Waals surface area contributed by atoms with Crippen molar-refractivity contribution in [1.29, 1.82) is 0 Å². The summed E-state index contributed by atoms with van der Waals surface area (Å²) in [6, 6.07) is 0. The molecule has 0 radical (unpaired) electrons. The van der Waals surface area contributed by atoms with Crippen LogP contribution in [0.25, 0.3) is 11.3 Å². The van der Waals surface area contributed by atoms with Gasteiger partial charge in [0, 0.05) is 13.2 Å². The second kappa shape index (κ2) is 3.62. The normalized spacial score (nSPS) is 10.5. The Balaban J connectivity index is 2.66. The van der Waals surface area contributed by atoms with E-state index in [4.69, 9.17) is 11.6 Å². The van der Waals surface area contributed by atoms with Gasteiger partial charge in [-0.2, -0.15) is 0 Å². The SMILES string of the molecule is Cn1nnc(Br)c1-c1cncnc1Cl. The van der Waals surface area contributed by atoms with Crippen LogP contribution in [0.2, 0.25) is 5.15 Å². The first-order chi connectivity index (χ1) is 6.70. The van der Waals surface area contributed by atoms with E-state index in [1.165, 1.54) is 6.33 Å². The molecule has 0 aliphatic heterocycles. The minimum Gasteiger partial charge on any atom is -0.246 e. The van der Waals surface area contributed by atoms with Gasteiger partial charge in [0.25, 0.3) is 0 Å². The van der Waals surface area contributed by atoms with Gasteiger partial charge in [-0.3, -0.25) is 0 Å². The molecule has 0 bridgehead atoms. The summed E-state index contributed by atoms with van der Waals surface area (Å²) >= 11 is 9.20. The lowest BCUT2D eigenvalue weighted by Gasteiger charge is -2.01. The molecule has 0 saturated heterocycles. The number of hydrogen-bond donors (Lipinski definition) is 0. The molecule has 0 saturated carbocycles. The number of nitrogens with zero attached hydrogens (tertiary/aromatic N) is 5. The van der Waals surface area contributed by atoms with E-state index in [0.29, 0.717) is 15.3 Å². The third-order valence-corrected chi connectivity index (χ3v) is 2.54. The van der Waals surface area contributed by atoms with Crippen LogP contribution in [-0.2, 0) is 7.05 Å². The van der Waals surface area contributed by atoms with E-state index in [1.807, 2.05) is 0 Å². The average molecular weight is 275 g/mol. The highest BCUT2D eigenvalue weighted by molar-refractivity contribution is 9.10. The van der Waals surface area contributed by atoms with Crippen LogP contribution in [0.4, 0.5) is 0 Å². The van der Waals surface area contributed by atoms with Gasteiger partial charge in [-0.1, -0.05) is 16.8 Å². The third-order valence-electron chi connectivity index (χ3n) is 1.70. The van der Waals surface area contributed by atoms with Crippen molar-refractivity contribution in [2.75, 3.05) is 0 Å². The Morgan fingerprint density at radius 1 is 1.50 bits per heavy atom.